The van der Waals surface area contributed by atoms with E-state index in [4.69, 9.17) is 5.11 Å². The molecule has 0 bridgehead atoms. The highest BCUT2D eigenvalue weighted by atomic mass is 79.9. The average molecular weight is 368 g/mol. The number of alkyl halides is 1. The van der Waals surface area contributed by atoms with Crippen molar-refractivity contribution in [3.05, 3.63) is 29.8 Å². The highest BCUT2D eigenvalue weighted by Gasteiger charge is 2.19. The molecule has 4 N–H and O–H groups in total. The molecule has 1 aromatic rings. The highest BCUT2D eigenvalue weighted by Crippen LogP contribution is 2.20. The maximum Gasteiger partial charge on any atom is 0.318 e. The fourth-order valence-corrected chi connectivity index (χ4v) is 2.72. The van der Waals surface area contributed by atoms with Crippen LogP contribution in [-0.4, -0.2) is 47.7 Å². The number of benzene rings is 1. The Kier molecular flexibility index (Phi) is 6.08. The van der Waals surface area contributed by atoms with E-state index in [9.17, 15) is 23.4 Å². The minimum absolute atomic E-state index is 0.122. The van der Waals surface area contributed by atoms with Crippen molar-refractivity contribution in [1.82, 2.24) is 4.72 Å². The summed E-state index contributed by atoms with van der Waals surface area (Å²) in [5.74, 6) is -1.29. The van der Waals surface area contributed by atoms with Gasteiger partial charge in [-0.05, 0) is 17.7 Å². The Hall–Kier alpha value is -1.00. The van der Waals surface area contributed by atoms with Crippen LogP contribution in [0.15, 0.2) is 29.2 Å². The third kappa shape index (κ3) is 4.53. The van der Waals surface area contributed by atoms with Crippen LogP contribution < -0.4 is 4.72 Å². The van der Waals surface area contributed by atoms with E-state index in [1.54, 1.807) is 0 Å². The molecule has 0 aliphatic heterocycles. The molecule has 0 spiro atoms. The number of halogens is 1. The van der Waals surface area contributed by atoms with Gasteiger partial charge in [-0.15, -0.1) is 0 Å². The molecule has 0 saturated carbocycles. The number of aliphatic hydroxyl groups excluding tert-OH is 2. The minimum atomic E-state index is -3.91. The van der Waals surface area contributed by atoms with Gasteiger partial charge in [0, 0.05) is 5.33 Å². The molecule has 0 aliphatic rings. The number of nitrogens with one attached hydrogen (secondary N) is 1. The van der Waals surface area contributed by atoms with Crippen LogP contribution in [0.4, 0.5) is 0 Å². The molecule has 112 valence electrons. The molecular formula is C11H14BrNO6S. The van der Waals surface area contributed by atoms with Gasteiger partial charge in [-0.3, -0.25) is 4.79 Å². The van der Waals surface area contributed by atoms with E-state index in [-0.39, 0.29) is 10.2 Å². The Morgan fingerprint density at radius 2 is 1.80 bits per heavy atom. The Bertz CT molecular complexity index is 559. The lowest BCUT2D eigenvalue weighted by Crippen LogP contribution is -2.29. The summed E-state index contributed by atoms with van der Waals surface area (Å²) in [6, 6.07) is 5.16. The summed E-state index contributed by atoms with van der Waals surface area (Å²) in [6.07, 6.45) is -2.15. The number of sulfonamides is 1. The maximum absolute atomic E-state index is 11.7. The Morgan fingerprint density at radius 3 is 2.25 bits per heavy atom. The van der Waals surface area contributed by atoms with Gasteiger partial charge in [0.1, 0.15) is 12.6 Å². The monoisotopic (exact) mass is 367 g/mol. The molecule has 9 heteroatoms. The van der Waals surface area contributed by atoms with E-state index in [0.29, 0.717) is 5.56 Å². The van der Waals surface area contributed by atoms with Crippen molar-refractivity contribution in [3.63, 3.8) is 0 Å². The first kappa shape index (κ1) is 17.1. The summed E-state index contributed by atoms with van der Waals surface area (Å²) in [7, 11) is -3.91. The molecule has 2 unspecified atom stereocenters. The molecule has 2 atom stereocenters. The van der Waals surface area contributed by atoms with Crippen LogP contribution in [0.25, 0.3) is 0 Å². The van der Waals surface area contributed by atoms with Gasteiger partial charge in [0.05, 0.1) is 11.0 Å². The molecule has 0 fully saturated rings. The Balaban J connectivity index is 2.88. The number of rotatable bonds is 7. The summed E-state index contributed by atoms with van der Waals surface area (Å²) in [6.45, 7) is -0.713. The third-order valence-electron chi connectivity index (χ3n) is 2.47. The average Bonchev–Trinajstić information content (AvgIpc) is 2.43. The highest BCUT2D eigenvalue weighted by molar-refractivity contribution is 9.09. The standard InChI is InChI=1S/C11H14BrNO6S/c12-5-9(14)11(17)7-1-3-8(4-2-7)20(18,19)13-6-10(15)16/h1-4,9,11,13-14,17H,5-6H2,(H,15,16). The van der Waals surface area contributed by atoms with Crippen molar-refractivity contribution in [3.8, 4) is 0 Å². The van der Waals surface area contributed by atoms with E-state index in [2.05, 4.69) is 15.9 Å². The normalized spacial score (nSPS) is 14.8. The van der Waals surface area contributed by atoms with Crippen LogP contribution in [0.1, 0.15) is 11.7 Å². The molecule has 1 aromatic carbocycles. The molecule has 0 heterocycles. The molecule has 0 aliphatic carbocycles. The van der Waals surface area contributed by atoms with Crippen LogP contribution in [-0.2, 0) is 14.8 Å². The first-order valence-corrected chi connectivity index (χ1v) is 8.12. The maximum atomic E-state index is 11.7. The molecular weight excluding hydrogens is 354 g/mol. The lowest BCUT2D eigenvalue weighted by molar-refractivity contribution is -0.135. The smallest absolute Gasteiger partial charge is 0.318 e. The largest absolute Gasteiger partial charge is 0.480 e. The lowest BCUT2D eigenvalue weighted by atomic mass is 10.1. The third-order valence-corrected chi connectivity index (χ3v) is 4.55. The predicted octanol–water partition coefficient (Wildman–Crippen LogP) is -0.161. The van der Waals surface area contributed by atoms with Crippen molar-refractivity contribution in [2.45, 2.75) is 17.1 Å². The number of hydrogen-bond acceptors (Lipinski definition) is 5. The molecule has 0 aromatic heterocycles. The van der Waals surface area contributed by atoms with Crippen LogP contribution >= 0.6 is 15.9 Å². The fraction of sp³-hybridized carbons (Fsp3) is 0.364. The lowest BCUT2D eigenvalue weighted by Gasteiger charge is -2.16. The zero-order valence-electron chi connectivity index (χ0n) is 10.2. The van der Waals surface area contributed by atoms with Crippen molar-refractivity contribution < 1.29 is 28.5 Å². The molecule has 0 radical (unpaired) electrons. The molecule has 20 heavy (non-hydrogen) atoms. The number of aliphatic carboxylic acids is 1. The number of carboxylic acids is 1. The molecule has 1 rings (SSSR count). The number of aliphatic hydroxyl groups is 2. The van der Waals surface area contributed by atoms with Gasteiger partial charge >= 0.3 is 5.97 Å². The van der Waals surface area contributed by atoms with Crippen molar-refractivity contribution in [1.29, 1.82) is 0 Å². The first-order valence-electron chi connectivity index (χ1n) is 5.51. The van der Waals surface area contributed by atoms with Crippen molar-refractivity contribution >= 4 is 31.9 Å². The number of carbonyl (C=O) groups is 1. The summed E-state index contributed by atoms with van der Waals surface area (Å²) < 4.78 is 25.3. The number of carboxylic acid groups (broad SMARTS) is 1. The van der Waals surface area contributed by atoms with E-state index < -0.39 is 34.7 Å². The van der Waals surface area contributed by atoms with Gasteiger partial charge in [-0.1, -0.05) is 28.1 Å². The van der Waals surface area contributed by atoms with Gasteiger partial charge in [0.25, 0.3) is 0 Å². The fourth-order valence-electron chi connectivity index (χ4n) is 1.39. The van der Waals surface area contributed by atoms with Crippen molar-refractivity contribution in [2.75, 3.05) is 11.9 Å². The summed E-state index contributed by atoms with van der Waals surface area (Å²) in [5.41, 5.74) is 0.356. The SMILES string of the molecule is O=C(O)CNS(=O)(=O)c1ccc(C(O)C(O)CBr)cc1. The molecule has 0 amide bonds. The van der Waals surface area contributed by atoms with Gasteiger partial charge in [0.2, 0.25) is 10.0 Å². The number of hydrogen-bond donors (Lipinski definition) is 4. The Labute approximate surface area is 124 Å². The van der Waals surface area contributed by atoms with E-state index in [0.717, 1.165) is 0 Å². The quantitative estimate of drug-likeness (QED) is 0.496. The van der Waals surface area contributed by atoms with Crippen molar-refractivity contribution in [2.24, 2.45) is 0 Å². The zero-order valence-corrected chi connectivity index (χ0v) is 12.6. The molecule has 7 nitrogen and oxygen atoms in total. The van der Waals surface area contributed by atoms with Crippen LogP contribution in [0.3, 0.4) is 0 Å². The predicted molar refractivity (Wildman–Crippen MR) is 74.0 cm³/mol. The summed E-state index contributed by atoms with van der Waals surface area (Å²) in [5, 5.41) is 27.8. The second-order valence-corrected chi connectivity index (χ2v) is 6.37. The van der Waals surface area contributed by atoms with Crippen LogP contribution in [0.2, 0.25) is 0 Å². The second kappa shape index (κ2) is 7.14. The van der Waals surface area contributed by atoms with Gasteiger partial charge in [-0.2, -0.15) is 4.72 Å². The van der Waals surface area contributed by atoms with Gasteiger partial charge < -0.3 is 15.3 Å². The Morgan fingerprint density at radius 1 is 1.25 bits per heavy atom. The zero-order chi connectivity index (χ0) is 15.3. The minimum Gasteiger partial charge on any atom is -0.480 e. The van der Waals surface area contributed by atoms with E-state index in [1.807, 2.05) is 4.72 Å². The molecule has 0 saturated heterocycles. The van der Waals surface area contributed by atoms with E-state index in [1.165, 1.54) is 24.3 Å². The van der Waals surface area contributed by atoms with Gasteiger partial charge in [-0.25, -0.2) is 8.42 Å². The van der Waals surface area contributed by atoms with Crippen LogP contribution in [0, 0.1) is 0 Å². The topological polar surface area (TPSA) is 124 Å². The second-order valence-electron chi connectivity index (χ2n) is 3.95. The van der Waals surface area contributed by atoms with E-state index >= 15 is 0 Å². The van der Waals surface area contributed by atoms with Crippen LogP contribution in [0.5, 0.6) is 0 Å². The summed E-state index contributed by atoms with van der Waals surface area (Å²) in [4.78, 5) is 10.2. The van der Waals surface area contributed by atoms with Gasteiger partial charge in [0.15, 0.2) is 0 Å². The first-order chi connectivity index (χ1) is 9.27. The summed E-state index contributed by atoms with van der Waals surface area (Å²) >= 11 is 3.02.